The summed E-state index contributed by atoms with van der Waals surface area (Å²) >= 11 is 3.58. The third-order valence-electron chi connectivity index (χ3n) is 4.17. The van der Waals surface area contributed by atoms with E-state index in [0.717, 1.165) is 30.3 Å². The highest BCUT2D eigenvalue weighted by Crippen LogP contribution is 2.28. The summed E-state index contributed by atoms with van der Waals surface area (Å²) in [6.07, 6.45) is 2.34. The molecule has 0 aromatic heterocycles. The number of rotatable bonds is 2. The molecule has 1 fully saturated rings. The van der Waals surface area contributed by atoms with Crippen molar-refractivity contribution in [1.82, 2.24) is 4.90 Å². The van der Waals surface area contributed by atoms with Gasteiger partial charge in [0, 0.05) is 24.1 Å². The molecule has 4 nitrogen and oxygen atoms in total. The Kier molecular flexibility index (Phi) is 4.10. The molecule has 0 radical (unpaired) electrons. The normalized spacial score (nSPS) is 25.6. The van der Waals surface area contributed by atoms with Crippen molar-refractivity contribution in [2.45, 2.75) is 38.0 Å². The molecule has 108 valence electrons. The van der Waals surface area contributed by atoms with Gasteiger partial charge in [0.1, 0.15) is 6.10 Å². The molecule has 1 aromatic rings. The first-order chi connectivity index (χ1) is 9.69. The molecule has 0 bridgehead atoms. The molecule has 3 rings (SSSR count). The lowest BCUT2D eigenvalue weighted by molar-refractivity contribution is -0.143. The van der Waals surface area contributed by atoms with Crippen LogP contribution in [0.1, 0.15) is 24.0 Å². The summed E-state index contributed by atoms with van der Waals surface area (Å²) in [5.74, 6) is 0.117. The fourth-order valence-electron chi connectivity index (χ4n) is 3.02. The van der Waals surface area contributed by atoms with Crippen LogP contribution in [0.15, 0.2) is 22.7 Å². The number of ether oxygens (including phenoxy) is 1. The van der Waals surface area contributed by atoms with E-state index < -0.39 is 0 Å². The maximum atomic E-state index is 12.5. The molecule has 0 aliphatic carbocycles. The summed E-state index contributed by atoms with van der Waals surface area (Å²) < 4.78 is 6.85. The van der Waals surface area contributed by atoms with Gasteiger partial charge < -0.3 is 15.4 Å². The summed E-state index contributed by atoms with van der Waals surface area (Å²) in [4.78, 5) is 14.4. The van der Waals surface area contributed by atoms with Crippen molar-refractivity contribution < 1.29 is 9.53 Å². The monoisotopic (exact) mass is 338 g/mol. The highest BCUT2D eigenvalue weighted by molar-refractivity contribution is 9.10. The number of amides is 1. The first kappa shape index (κ1) is 14.0. The van der Waals surface area contributed by atoms with Crippen molar-refractivity contribution in [3.05, 3.63) is 33.8 Å². The number of halogens is 1. The molecule has 2 aliphatic heterocycles. The predicted octanol–water partition coefficient (Wildman–Crippen LogP) is 1.84. The second-order valence-corrected chi connectivity index (χ2v) is 6.30. The van der Waals surface area contributed by atoms with Crippen LogP contribution in [0, 0.1) is 0 Å². The highest BCUT2D eigenvalue weighted by atomic mass is 79.9. The molecular formula is C15H19BrN2O2. The number of nitrogens with zero attached hydrogens (tertiary/aromatic N) is 1. The minimum absolute atomic E-state index is 0.0511. The molecular weight excluding hydrogens is 320 g/mol. The van der Waals surface area contributed by atoms with E-state index in [4.69, 9.17) is 10.5 Å². The van der Waals surface area contributed by atoms with Crippen molar-refractivity contribution in [2.24, 2.45) is 5.73 Å². The third kappa shape index (κ3) is 2.62. The second-order valence-electron chi connectivity index (χ2n) is 5.45. The first-order valence-electron chi connectivity index (χ1n) is 7.09. The number of nitrogens with two attached hydrogens (primary N) is 1. The molecule has 2 atom stereocenters. The van der Waals surface area contributed by atoms with Crippen molar-refractivity contribution in [3.63, 3.8) is 0 Å². The molecule has 2 heterocycles. The fraction of sp³-hybridized carbons (Fsp3) is 0.533. The van der Waals surface area contributed by atoms with Gasteiger partial charge in [0.05, 0.1) is 6.10 Å². The predicted molar refractivity (Wildman–Crippen MR) is 80.2 cm³/mol. The van der Waals surface area contributed by atoms with Gasteiger partial charge in [0.15, 0.2) is 0 Å². The van der Waals surface area contributed by atoms with E-state index in [1.807, 2.05) is 11.0 Å². The van der Waals surface area contributed by atoms with Crippen LogP contribution in [0.3, 0.4) is 0 Å². The lowest BCUT2D eigenvalue weighted by Crippen LogP contribution is -2.42. The Morgan fingerprint density at radius 1 is 1.45 bits per heavy atom. The Morgan fingerprint density at radius 3 is 3.05 bits per heavy atom. The molecule has 1 aromatic carbocycles. The van der Waals surface area contributed by atoms with Gasteiger partial charge in [-0.25, -0.2) is 0 Å². The lowest BCUT2D eigenvalue weighted by Gasteiger charge is -2.31. The smallest absolute Gasteiger partial charge is 0.252 e. The van der Waals surface area contributed by atoms with Gasteiger partial charge in [0.2, 0.25) is 0 Å². The van der Waals surface area contributed by atoms with Crippen LogP contribution in [0.25, 0.3) is 0 Å². The van der Waals surface area contributed by atoms with Crippen molar-refractivity contribution >= 4 is 21.8 Å². The SMILES string of the molecule is NC[C@H]1CC[C@@H](C(=O)N2CCc3c(Br)cccc3C2)O1. The zero-order valence-electron chi connectivity index (χ0n) is 11.3. The van der Waals surface area contributed by atoms with Crippen molar-refractivity contribution in [2.75, 3.05) is 13.1 Å². The molecule has 2 aliphatic rings. The van der Waals surface area contributed by atoms with Gasteiger partial charge in [-0.05, 0) is 36.5 Å². The van der Waals surface area contributed by atoms with Crippen molar-refractivity contribution in [3.8, 4) is 0 Å². The number of carbonyl (C=O) groups is 1. The zero-order valence-corrected chi connectivity index (χ0v) is 12.9. The molecule has 0 spiro atoms. The highest BCUT2D eigenvalue weighted by Gasteiger charge is 2.34. The summed E-state index contributed by atoms with van der Waals surface area (Å²) in [6, 6.07) is 6.17. The lowest BCUT2D eigenvalue weighted by atomic mass is 9.99. The van der Waals surface area contributed by atoms with Crippen LogP contribution < -0.4 is 5.73 Å². The number of hydrogen-bond acceptors (Lipinski definition) is 3. The van der Waals surface area contributed by atoms with E-state index in [-0.39, 0.29) is 18.1 Å². The summed E-state index contributed by atoms with van der Waals surface area (Å²) in [6.45, 7) is 1.95. The Hall–Kier alpha value is -0.910. The summed E-state index contributed by atoms with van der Waals surface area (Å²) in [7, 11) is 0. The van der Waals surface area contributed by atoms with Gasteiger partial charge in [0.25, 0.3) is 5.91 Å². The van der Waals surface area contributed by atoms with Crippen LogP contribution >= 0.6 is 15.9 Å². The summed E-state index contributed by atoms with van der Waals surface area (Å²) in [5.41, 5.74) is 8.15. The number of benzene rings is 1. The first-order valence-corrected chi connectivity index (χ1v) is 7.89. The molecule has 0 unspecified atom stereocenters. The standard InChI is InChI=1S/C15H19BrN2O2/c16-13-3-1-2-10-9-18(7-6-12(10)13)15(19)14-5-4-11(8-17)20-14/h1-3,11,14H,4-9,17H2/t11-,14+/m1/s1. The van der Waals surface area contributed by atoms with E-state index in [2.05, 4.69) is 28.1 Å². The minimum Gasteiger partial charge on any atom is -0.364 e. The number of carbonyl (C=O) groups excluding carboxylic acids is 1. The summed E-state index contributed by atoms with van der Waals surface area (Å²) in [5, 5.41) is 0. The van der Waals surface area contributed by atoms with E-state index in [1.165, 1.54) is 11.1 Å². The van der Waals surface area contributed by atoms with Crippen LogP contribution in [0.2, 0.25) is 0 Å². The van der Waals surface area contributed by atoms with Gasteiger partial charge in [-0.2, -0.15) is 0 Å². The van der Waals surface area contributed by atoms with Gasteiger partial charge >= 0.3 is 0 Å². The van der Waals surface area contributed by atoms with E-state index in [1.54, 1.807) is 0 Å². The molecule has 1 amide bonds. The Morgan fingerprint density at radius 2 is 2.30 bits per heavy atom. The Bertz CT molecular complexity index is 521. The second kappa shape index (κ2) is 5.84. The quantitative estimate of drug-likeness (QED) is 0.895. The topological polar surface area (TPSA) is 55.6 Å². The molecule has 0 saturated carbocycles. The molecule has 5 heteroatoms. The number of fused-ring (bicyclic) bond motifs is 1. The largest absolute Gasteiger partial charge is 0.364 e. The third-order valence-corrected chi connectivity index (χ3v) is 4.91. The fourth-order valence-corrected chi connectivity index (χ4v) is 3.62. The van der Waals surface area contributed by atoms with Gasteiger partial charge in [-0.15, -0.1) is 0 Å². The minimum atomic E-state index is -0.294. The Labute approximate surface area is 127 Å². The van der Waals surface area contributed by atoms with E-state index in [9.17, 15) is 4.79 Å². The van der Waals surface area contributed by atoms with E-state index in [0.29, 0.717) is 13.1 Å². The van der Waals surface area contributed by atoms with Gasteiger partial charge in [-0.1, -0.05) is 28.1 Å². The number of hydrogen-bond donors (Lipinski definition) is 1. The van der Waals surface area contributed by atoms with Gasteiger partial charge in [-0.3, -0.25) is 4.79 Å². The molecule has 20 heavy (non-hydrogen) atoms. The Balaban J connectivity index is 1.69. The molecule has 2 N–H and O–H groups in total. The van der Waals surface area contributed by atoms with Crippen molar-refractivity contribution in [1.29, 1.82) is 0 Å². The van der Waals surface area contributed by atoms with Crippen LogP contribution in [-0.2, 0) is 22.5 Å². The maximum absolute atomic E-state index is 12.5. The molecule has 1 saturated heterocycles. The van der Waals surface area contributed by atoms with Crippen LogP contribution in [0.5, 0.6) is 0 Å². The average molecular weight is 339 g/mol. The van der Waals surface area contributed by atoms with E-state index >= 15 is 0 Å². The van der Waals surface area contributed by atoms with Crippen LogP contribution in [0.4, 0.5) is 0 Å². The zero-order chi connectivity index (χ0) is 14.1. The van der Waals surface area contributed by atoms with Crippen LogP contribution in [-0.4, -0.2) is 36.1 Å². The average Bonchev–Trinajstić information content (AvgIpc) is 2.95. The maximum Gasteiger partial charge on any atom is 0.252 e.